The summed E-state index contributed by atoms with van der Waals surface area (Å²) in [5, 5.41) is 6.29. The van der Waals surface area contributed by atoms with Crippen molar-refractivity contribution in [2.24, 2.45) is 0 Å². The molecule has 2 unspecified atom stereocenters. The van der Waals surface area contributed by atoms with Crippen molar-refractivity contribution < 1.29 is 14.4 Å². The number of benzene rings is 3. The van der Waals surface area contributed by atoms with Crippen molar-refractivity contribution in [2.75, 3.05) is 6.54 Å². The van der Waals surface area contributed by atoms with Crippen LogP contribution in [0.4, 0.5) is 4.79 Å². The summed E-state index contributed by atoms with van der Waals surface area (Å²) in [6.07, 6.45) is 0. The van der Waals surface area contributed by atoms with E-state index >= 15 is 0 Å². The Bertz CT molecular complexity index is 1260. The molecule has 6 nitrogen and oxygen atoms in total. The zero-order valence-electron chi connectivity index (χ0n) is 19.3. The summed E-state index contributed by atoms with van der Waals surface area (Å²) < 4.78 is 0. The molecule has 4 amide bonds. The number of aryl methyl sites for hydroxylation is 2. The maximum absolute atomic E-state index is 13.8. The van der Waals surface area contributed by atoms with Gasteiger partial charge >= 0.3 is 6.03 Å². The van der Waals surface area contributed by atoms with E-state index in [0.29, 0.717) is 16.1 Å². The van der Waals surface area contributed by atoms with Crippen LogP contribution in [0.3, 0.4) is 0 Å². The summed E-state index contributed by atoms with van der Waals surface area (Å²) >= 11 is 6.05. The maximum atomic E-state index is 13.8. The van der Waals surface area contributed by atoms with E-state index in [1.165, 1.54) is 0 Å². The Morgan fingerprint density at radius 3 is 2.38 bits per heavy atom. The second kappa shape index (κ2) is 9.31. The maximum Gasteiger partial charge on any atom is 0.326 e. The van der Waals surface area contributed by atoms with E-state index in [9.17, 15) is 14.4 Å². The molecule has 0 aromatic heterocycles. The van der Waals surface area contributed by atoms with Gasteiger partial charge in [0.25, 0.3) is 5.91 Å². The van der Waals surface area contributed by atoms with Gasteiger partial charge in [-0.05, 0) is 60.7 Å². The van der Waals surface area contributed by atoms with Gasteiger partial charge in [-0.25, -0.2) is 4.79 Å². The first-order valence-corrected chi connectivity index (χ1v) is 11.4. The van der Waals surface area contributed by atoms with Gasteiger partial charge in [0.1, 0.15) is 6.54 Å². The molecule has 7 heteroatoms. The third kappa shape index (κ3) is 4.29. The van der Waals surface area contributed by atoms with Crippen LogP contribution in [0.1, 0.15) is 40.8 Å². The summed E-state index contributed by atoms with van der Waals surface area (Å²) in [6, 6.07) is 21.0. The molecular weight excluding hydrogens is 450 g/mol. The van der Waals surface area contributed by atoms with E-state index in [0.717, 1.165) is 21.6 Å². The molecule has 1 aliphatic heterocycles. The number of carbonyl (C=O) groups is 3. The molecule has 0 aliphatic carbocycles. The lowest BCUT2D eigenvalue weighted by atomic mass is 9.81. The topological polar surface area (TPSA) is 78.5 Å². The number of urea groups is 1. The normalized spacial score (nSPS) is 18.5. The van der Waals surface area contributed by atoms with Gasteiger partial charge < -0.3 is 10.6 Å². The predicted octanol–water partition coefficient (Wildman–Crippen LogP) is 4.63. The SMILES string of the molecule is Cc1ccc(C2(c3ccccc3)NC(=O)N(CC(=O)NC(C)c3cccc(Cl)c3)C2=O)cc1C. The molecule has 0 spiro atoms. The first-order valence-electron chi connectivity index (χ1n) is 11.0. The highest BCUT2D eigenvalue weighted by atomic mass is 35.5. The van der Waals surface area contributed by atoms with Crippen molar-refractivity contribution >= 4 is 29.4 Å². The van der Waals surface area contributed by atoms with Crippen molar-refractivity contribution in [1.29, 1.82) is 0 Å². The van der Waals surface area contributed by atoms with Crippen molar-refractivity contribution in [3.05, 3.63) is 106 Å². The molecule has 3 aromatic rings. The summed E-state index contributed by atoms with van der Waals surface area (Å²) in [7, 11) is 0. The van der Waals surface area contributed by atoms with Crippen LogP contribution in [0.5, 0.6) is 0 Å². The van der Waals surface area contributed by atoms with Gasteiger partial charge in [0.05, 0.1) is 6.04 Å². The van der Waals surface area contributed by atoms with E-state index in [-0.39, 0.29) is 6.04 Å². The third-order valence-electron chi connectivity index (χ3n) is 6.28. The number of nitrogens with one attached hydrogen (secondary N) is 2. The molecule has 0 saturated carbocycles. The number of hydrogen-bond donors (Lipinski definition) is 2. The van der Waals surface area contributed by atoms with Gasteiger partial charge in [0, 0.05) is 5.02 Å². The van der Waals surface area contributed by atoms with Gasteiger partial charge in [0.15, 0.2) is 5.54 Å². The lowest BCUT2D eigenvalue weighted by Crippen LogP contribution is -2.46. The molecule has 174 valence electrons. The quantitative estimate of drug-likeness (QED) is 0.510. The smallest absolute Gasteiger partial charge is 0.326 e. The average molecular weight is 476 g/mol. The molecule has 1 aliphatic rings. The van der Waals surface area contributed by atoms with Gasteiger partial charge in [-0.15, -0.1) is 0 Å². The van der Waals surface area contributed by atoms with Crippen LogP contribution < -0.4 is 10.6 Å². The van der Waals surface area contributed by atoms with Crippen LogP contribution in [-0.2, 0) is 15.1 Å². The summed E-state index contributed by atoms with van der Waals surface area (Å²) in [5.74, 6) is -0.933. The minimum absolute atomic E-state index is 0.342. The number of nitrogens with zero attached hydrogens (tertiary/aromatic N) is 1. The molecule has 4 rings (SSSR count). The molecule has 2 atom stereocenters. The van der Waals surface area contributed by atoms with Crippen LogP contribution in [-0.4, -0.2) is 29.3 Å². The standard InChI is InChI=1S/C27H26ClN3O3/c1-17-12-13-22(14-18(17)2)27(21-9-5-4-6-10-21)25(33)31(26(34)30-27)16-24(32)29-19(3)20-8-7-11-23(28)15-20/h4-15,19H,16H2,1-3H3,(H,29,32)(H,30,34). The molecule has 0 radical (unpaired) electrons. The fourth-order valence-electron chi connectivity index (χ4n) is 4.23. The second-order valence-electron chi connectivity index (χ2n) is 8.58. The summed E-state index contributed by atoms with van der Waals surface area (Å²) in [5.41, 5.74) is 2.78. The van der Waals surface area contributed by atoms with Gasteiger partial charge in [-0.1, -0.05) is 72.3 Å². The minimum atomic E-state index is -1.41. The lowest BCUT2D eigenvalue weighted by Gasteiger charge is -2.28. The highest BCUT2D eigenvalue weighted by Gasteiger charge is 2.54. The Labute approximate surface area is 203 Å². The van der Waals surface area contributed by atoms with Gasteiger partial charge in [0.2, 0.25) is 5.91 Å². The lowest BCUT2D eigenvalue weighted by molar-refractivity contribution is -0.134. The molecule has 3 aromatic carbocycles. The Hall–Kier alpha value is -3.64. The Morgan fingerprint density at radius 2 is 1.71 bits per heavy atom. The summed E-state index contributed by atoms with van der Waals surface area (Å²) in [6.45, 7) is 5.37. The molecule has 34 heavy (non-hydrogen) atoms. The van der Waals surface area contributed by atoms with E-state index < -0.39 is 29.9 Å². The Balaban J connectivity index is 1.63. The molecule has 1 fully saturated rings. The second-order valence-corrected chi connectivity index (χ2v) is 9.02. The number of imide groups is 1. The zero-order valence-corrected chi connectivity index (χ0v) is 20.0. The van der Waals surface area contributed by atoms with Crippen LogP contribution >= 0.6 is 11.6 Å². The molecule has 1 saturated heterocycles. The van der Waals surface area contributed by atoms with Crippen molar-refractivity contribution in [3.8, 4) is 0 Å². The first kappa shape index (κ1) is 23.5. The van der Waals surface area contributed by atoms with Crippen LogP contribution in [0.15, 0.2) is 72.8 Å². The number of carbonyl (C=O) groups excluding carboxylic acids is 3. The van der Waals surface area contributed by atoms with E-state index in [4.69, 9.17) is 11.6 Å². The average Bonchev–Trinajstić information content (AvgIpc) is 3.07. The van der Waals surface area contributed by atoms with Crippen LogP contribution in [0.2, 0.25) is 5.02 Å². The molecule has 1 heterocycles. The highest BCUT2D eigenvalue weighted by molar-refractivity contribution is 6.30. The van der Waals surface area contributed by atoms with E-state index in [2.05, 4.69) is 10.6 Å². The number of hydrogen-bond acceptors (Lipinski definition) is 3. The van der Waals surface area contributed by atoms with Gasteiger partial charge in [-0.3, -0.25) is 14.5 Å². The molecular formula is C27H26ClN3O3. The first-order chi connectivity index (χ1) is 16.2. The summed E-state index contributed by atoms with van der Waals surface area (Å²) in [4.78, 5) is 40.6. The van der Waals surface area contributed by atoms with Crippen molar-refractivity contribution in [1.82, 2.24) is 15.5 Å². The number of halogens is 1. The molecule has 0 bridgehead atoms. The Morgan fingerprint density at radius 1 is 0.971 bits per heavy atom. The van der Waals surface area contributed by atoms with Crippen LogP contribution in [0.25, 0.3) is 0 Å². The van der Waals surface area contributed by atoms with Crippen molar-refractivity contribution in [3.63, 3.8) is 0 Å². The monoisotopic (exact) mass is 475 g/mol. The largest absolute Gasteiger partial charge is 0.348 e. The predicted molar refractivity (Wildman–Crippen MR) is 131 cm³/mol. The van der Waals surface area contributed by atoms with Crippen LogP contribution in [0, 0.1) is 13.8 Å². The molecule has 2 N–H and O–H groups in total. The van der Waals surface area contributed by atoms with E-state index in [1.807, 2.05) is 63.2 Å². The Kier molecular flexibility index (Phi) is 6.44. The van der Waals surface area contributed by atoms with E-state index in [1.54, 1.807) is 30.3 Å². The highest BCUT2D eigenvalue weighted by Crippen LogP contribution is 2.36. The zero-order chi connectivity index (χ0) is 24.5. The van der Waals surface area contributed by atoms with Crippen molar-refractivity contribution in [2.45, 2.75) is 32.4 Å². The number of amides is 4. The fraction of sp³-hybridized carbons (Fsp3) is 0.222. The number of rotatable bonds is 6. The van der Waals surface area contributed by atoms with Gasteiger partial charge in [-0.2, -0.15) is 0 Å². The minimum Gasteiger partial charge on any atom is -0.348 e. The third-order valence-corrected chi connectivity index (χ3v) is 6.52. The fourth-order valence-corrected chi connectivity index (χ4v) is 4.43.